The summed E-state index contributed by atoms with van der Waals surface area (Å²) >= 11 is 0. The molecule has 0 bridgehead atoms. The van der Waals surface area contributed by atoms with E-state index in [-0.39, 0.29) is 17.3 Å². The highest BCUT2D eigenvalue weighted by Gasteiger charge is 2.15. The van der Waals surface area contributed by atoms with Crippen molar-refractivity contribution in [2.45, 2.75) is 11.8 Å². The van der Waals surface area contributed by atoms with Crippen molar-refractivity contribution < 1.29 is 22.7 Å². The lowest BCUT2D eigenvalue weighted by Gasteiger charge is -2.08. The summed E-state index contributed by atoms with van der Waals surface area (Å²) in [5.41, 5.74) is 0.490. The molecule has 2 amide bonds. The molecule has 0 spiro atoms. The van der Waals surface area contributed by atoms with Gasteiger partial charge in [0.25, 0.3) is 0 Å². The maximum absolute atomic E-state index is 12.0. The van der Waals surface area contributed by atoms with Crippen LogP contribution in [0.2, 0.25) is 0 Å². The van der Waals surface area contributed by atoms with Crippen LogP contribution in [0, 0.1) is 0 Å². The minimum Gasteiger partial charge on any atom is -0.383 e. The van der Waals surface area contributed by atoms with Crippen LogP contribution in [0.1, 0.15) is 6.92 Å². The highest BCUT2D eigenvalue weighted by Crippen LogP contribution is 2.13. The number of methoxy groups -OCH3 is 1. The van der Waals surface area contributed by atoms with Gasteiger partial charge in [0, 0.05) is 26.3 Å². The largest absolute Gasteiger partial charge is 0.383 e. The molecule has 0 aliphatic carbocycles. The predicted octanol–water partition coefficient (Wildman–Crippen LogP) is -0.314. The molecular weight excluding hydrogens is 310 g/mol. The van der Waals surface area contributed by atoms with Gasteiger partial charge in [-0.05, 0) is 24.3 Å². The number of sulfonamides is 1. The average Bonchev–Trinajstić information content (AvgIpc) is 2.45. The zero-order valence-corrected chi connectivity index (χ0v) is 13.2. The van der Waals surface area contributed by atoms with E-state index in [0.717, 1.165) is 0 Å². The molecule has 8 nitrogen and oxygen atoms in total. The van der Waals surface area contributed by atoms with Gasteiger partial charge in [-0.1, -0.05) is 0 Å². The molecule has 0 aliphatic heterocycles. The first-order valence-corrected chi connectivity index (χ1v) is 7.96. The van der Waals surface area contributed by atoms with Gasteiger partial charge < -0.3 is 15.4 Å². The second-order valence-electron chi connectivity index (χ2n) is 4.37. The minimum absolute atomic E-state index is 0.00583. The zero-order chi connectivity index (χ0) is 16.6. The summed E-state index contributed by atoms with van der Waals surface area (Å²) in [4.78, 5) is 22.3. The number of hydrogen-bond acceptors (Lipinski definition) is 5. The van der Waals surface area contributed by atoms with E-state index in [1.165, 1.54) is 38.3 Å². The first-order chi connectivity index (χ1) is 10.3. The highest BCUT2D eigenvalue weighted by molar-refractivity contribution is 7.89. The third-order valence-electron chi connectivity index (χ3n) is 2.54. The normalized spacial score (nSPS) is 11.0. The summed E-state index contributed by atoms with van der Waals surface area (Å²) in [7, 11) is -2.29. The van der Waals surface area contributed by atoms with Gasteiger partial charge in [0.15, 0.2) is 0 Å². The van der Waals surface area contributed by atoms with Crippen molar-refractivity contribution in [3.63, 3.8) is 0 Å². The number of carbonyl (C=O) groups is 2. The fraction of sp³-hybridized carbons (Fsp3) is 0.385. The summed E-state index contributed by atoms with van der Waals surface area (Å²) in [6, 6.07) is 5.62. The smallest absolute Gasteiger partial charge is 0.241 e. The summed E-state index contributed by atoms with van der Waals surface area (Å²) in [6.45, 7) is 1.65. The number of benzene rings is 1. The molecule has 0 fully saturated rings. The van der Waals surface area contributed by atoms with Crippen LogP contribution in [0.4, 0.5) is 5.69 Å². The minimum atomic E-state index is -3.79. The van der Waals surface area contributed by atoms with Gasteiger partial charge in [-0.15, -0.1) is 0 Å². The summed E-state index contributed by atoms with van der Waals surface area (Å²) < 4.78 is 31.0. The molecule has 0 saturated carbocycles. The fourth-order valence-corrected chi connectivity index (χ4v) is 2.50. The Labute approximate surface area is 129 Å². The van der Waals surface area contributed by atoms with Crippen LogP contribution in [-0.4, -0.2) is 47.0 Å². The summed E-state index contributed by atoms with van der Waals surface area (Å²) in [5.74, 6) is -0.697. The van der Waals surface area contributed by atoms with E-state index < -0.39 is 15.9 Å². The van der Waals surface area contributed by atoms with Crippen molar-refractivity contribution >= 4 is 27.5 Å². The predicted molar refractivity (Wildman–Crippen MR) is 80.8 cm³/mol. The van der Waals surface area contributed by atoms with Crippen molar-refractivity contribution in [1.82, 2.24) is 10.0 Å². The van der Waals surface area contributed by atoms with E-state index in [1.54, 1.807) is 0 Å². The Bertz CT molecular complexity index is 613. The third kappa shape index (κ3) is 6.20. The second-order valence-corrected chi connectivity index (χ2v) is 6.14. The molecular formula is C13H19N3O5S. The van der Waals surface area contributed by atoms with Gasteiger partial charge in [0.2, 0.25) is 21.8 Å². The van der Waals surface area contributed by atoms with Crippen LogP contribution >= 0.6 is 0 Å². The molecule has 0 aromatic heterocycles. The molecule has 0 aliphatic rings. The first kappa shape index (κ1) is 18.1. The monoisotopic (exact) mass is 329 g/mol. The molecule has 0 saturated heterocycles. The van der Waals surface area contributed by atoms with E-state index >= 15 is 0 Å². The molecule has 0 heterocycles. The molecule has 1 aromatic rings. The Hall–Kier alpha value is -1.97. The fourth-order valence-electron chi connectivity index (χ4n) is 1.52. The van der Waals surface area contributed by atoms with Crippen LogP contribution in [0.3, 0.4) is 0 Å². The lowest BCUT2D eigenvalue weighted by Crippen LogP contribution is -2.38. The molecule has 3 N–H and O–H groups in total. The summed E-state index contributed by atoms with van der Waals surface area (Å²) in [6.07, 6.45) is 0. The number of amides is 2. The van der Waals surface area contributed by atoms with E-state index in [2.05, 4.69) is 15.4 Å². The van der Waals surface area contributed by atoms with Gasteiger partial charge in [-0.2, -0.15) is 0 Å². The highest BCUT2D eigenvalue weighted by atomic mass is 32.2. The number of nitrogens with one attached hydrogen (secondary N) is 3. The third-order valence-corrected chi connectivity index (χ3v) is 3.95. The van der Waals surface area contributed by atoms with Gasteiger partial charge >= 0.3 is 0 Å². The Balaban J connectivity index is 2.58. The number of rotatable bonds is 8. The van der Waals surface area contributed by atoms with Crippen LogP contribution < -0.4 is 15.4 Å². The van der Waals surface area contributed by atoms with Crippen LogP contribution in [0.5, 0.6) is 0 Å². The maximum Gasteiger partial charge on any atom is 0.241 e. The van der Waals surface area contributed by atoms with E-state index in [9.17, 15) is 18.0 Å². The standard InChI is InChI=1S/C13H19N3O5S/c1-10(17)16-11-3-5-12(6-4-11)22(19,20)15-9-13(18)14-7-8-21-2/h3-6,15H,7-9H2,1-2H3,(H,14,18)(H,16,17). The Morgan fingerprint density at radius 3 is 2.36 bits per heavy atom. The topological polar surface area (TPSA) is 114 Å². The quantitative estimate of drug-likeness (QED) is 0.566. The van der Waals surface area contributed by atoms with Crippen LogP contribution in [-0.2, 0) is 24.3 Å². The van der Waals surface area contributed by atoms with Gasteiger partial charge in [0.1, 0.15) is 0 Å². The van der Waals surface area contributed by atoms with Crippen molar-refractivity contribution in [3.8, 4) is 0 Å². The van der Waals surface area contributed by atoms with Gasteiger partial charge in [-0.25, -0.2) is 13.1 Å². The molecule has 0 atom stereocenters. The number of ether oxygens (including phenoxy) is 1. The number of hydrogen-bond donors (Lipinski definition) is 3. The van der Waals surface area contributed by atoms with Crippen molar-refractivity contribution in [2.24, 2.45) is 0 Å². The Morgan fingerprint density at radius 1 is 1.18 bits per heavy atom. The SMILES string of the molecule is COCCNC(=O)CNS(=O)(=O)c1ccc(NC(C)=O)cc1. The Morgan fingerprint density at radius 2 is 1.82 bits per heavy atom. The lowest BCUT2D eigenvalue weighted by molar-refractivity contribution is -0.120. The van der Waals surface area contributed by atoms with Crippen molar-refractivity contribution in [2.75, 3.05) is 32.1 Å². The molecule has 1 rings (SSSR count). The van der Waals surface area contributed by atoms with Gasteiger partial charge in [0.05, 0.1) is 18.0 Å². The number of anilines is 1. The number of carbonyl (C=O) groups excluding carboxylic acids is 2. The van der Waals surface area contributed by atoms with Gasteiger partial charge in [-0.3, -0.25) is 9.59 Å². The molecule has 122 valence electrons. The zero-order valence-electron chi connectivity index (χ0n) is 12.4. The molecule has 0 radical (unpaired) electrons. The molecule has 22 heavy (non-hydrogen) atoms. The van der Waals surface area contributed by atoms with E-state index in [0.29, 0.717) is 18.8 Å². The second kappa shape index (κ2) is 8.47. The van der Waals surface area contributed by atoms with Crippen LogP contribution in [0.25, 0.3) is 0 Å². The maximum atomic E-state index is 12.0. The van der Waals surface area contributed by atoms with Crippen molar-refractivity contribution in [3.05, 3.63) is 24.3 Å². The van der Waals surface area contributed by atoms with E-state index in [4.69, 9.17) is 4.74 Å². The summed E-state index contributed by atoms with van der Waals surface area (Å²) in [5, 5.41) is 5.03. The Kier molecular flexibility index (Phi) is 6.96. The van der Waals surface area contributed by atoms with Crippen LogP contribution in [0.15, 0.2) is 29.2 Å². The molecule has 1 aromatic carbocycles. The molecule has 9 heteroatoms. The lowest BCUT2D eigenvalue weighted by atomic mass is 10.3. The molecule has 0 unspecified atom stereocenters. The van der Waals surface area contributed by atoms with Crippen molar-refractivity contribution in [1.29, 1.82) is 0 Å². The average molecular weight is 329 g/mol. The first-order valence-electron chi connectivity index (χ1n) is 6.48. The van der Waals surface area contributed by atoms with E-state index in [1.807, 2.05) is 0 Å².